The summed E-state index contributed by atoms with van der Waals surface area (Å²) in [4.78, 5) is 33.0. The molecule has 1 aromatic heterocycles. The molecule has 3 aromatic rings. The van der Waals surface area contributed by atoms with Crippen molar-refractivity contribution in [1.82, 2.24) is 9.97 Å². The van der Waals surface area contributed by atoms with E-state index in [4.69, 9.17) is 21.1 Å². The smallest absolute Gasteiger partial charge is 0.257 e. The molecule has 0 radical (unpaired) electrons. The van der Waals surface area contributed by atoms with Crippen LogP contribution in [0.4, 0.5) is 5.82 Å². The van der Waals surface area contributed by atoms with Crippen LogP contribution in [0.2, 0.25) is 5.02 Å². The van der Waals surface area contributed by atoms with Crippen molar-refractivity contribution in [2.24, 2.45) is 0 Å². The predicted octanol–water partition coefficient (Wildman–Crippen LogP) is 4.99. The summed E-state index contributed by atoms with van der Waals surface area (Å²) >= 11 is 7.32. The van der Waals surface area contributed by atoms with Crippen molar-refractivity contribution in [3.8, 4) is 11.5 Å². The molecular weight excluding hydrogens is 462 g/mol. The average molecular weight is 486 g/mol. The highest BCUT2D eigenvalue weighted by Crippen LogP contribution is 2.38. The molecule has 9 heteroatoms. The molecule has 2 heterocycles. The second kappa shape index (κ2) is 10.3. The molecule has 1 amide bonds. The van der Waals surface area contributed by atoms with E-state index in [-0.39, 0.29) is 17.9 Å². The maximum Gasteiger partial charge on any atom is 0.257 e. The lowest BCUT2D eigenvalue weighted by Gasteiger charge is -2.25. The van der Waals surface area contributed by atoms with Crippen molar-refractivity contribution in [1.29, 1.82) is 0 Å². The summed E-state index contributed by atoms with van der Waals surface area (Å²) in [6, 6.07) is 13.0. The van der Waals surface area contributed by atoms with Gasteiger partial charge in [-0.15, -0.1) is 0 Å². The zero-order valence-electron chi connectivity index (χ0n) is 18.3. The number of amides is 1. The van der Waals surface area contributed by atoms with Crippen molar-refractivity contribution in [3.05, 3.63) is 74.5 Å². The van der Waals surface area contributed by atoms with Gasteiger partial charge in [-0.1, -0.05) is 41.6 Å². The van der Waals surface area contributed by atoms with Crippen LogP contribution in [0.5, 0.6) is 11.5 Å². The van der Waals surface area contributed by atoms with Gasteiger partial charge in [-0.25, -0.2) is 4.98 Å². The van der Waals surface area contributed by atoms with Gasteiger partial charge in [0.15, 0.2) is 16.7 Å². The van der Waals surface area contributed by atoms with Gasteiger partial charge in [0.05, 0.1) is 18.8 Å². The number of nitrogens with zero attached hydrogens (tertiary/aromatic N) is 1. The largest absolute Gasteiger partial charge is 0.490 e. The molecule has 0 fully saturated rings. The van der Waals surface area contributed by atoms with E-state index in [0.717, 1.165) is 11.1 Å². The molecule has 7 nitrogen and oxygen atoms in total. The summed E-state index contributed by atoms with van der Waals surface area (Å²) in [6.07, 6.45) is 0.147. The minimum absolute atomic E-state index is 0.147. The van der Waals surface area contributed by atoms with Gasteiger partial charge in [0.1, 0.15) is 5.82 Å². The van der Waals surface area contributed by atoms with Crippen molar-refractivity contribution in [2.45, 2.75) is 37.1 Å². The van der Waals surface area contributed by atoms with Crippen molar-refractivity contribution in [2.75, 3.05) is 18.5 Å². The van der Waals surface area contributed by atoms with Gasteiger partial charge in [-0.3, -0.25) is 9.59 Å². The van der Waals surface area contributed by atoms with Crippen LogP contribution in [-0.2, 0) is 10.5 Å². The van der Waals surface area contributed by atoms with E-state index in [1.807, 2.05) is 56.3 Å². The molecule has 172 valence electrons. The molecule has 4 rings (SSSR count). The average Bonchev–Trinajstić information content (AvgIpc) is 2.79. The number of hydrogen-bond donors (Lipinski definition) is 2. The first-order valence-electron chi connectivity index (χ1n) is 10.7. The highest BCUT2D eigenvalue weighted by molar-refractivity contribution is 7.98. The van der Waals surface area contributed by atoms with E-state index < -0.39 is 5.92 Å². The zero-order chi connectivity index (χ0) is 23.4. The van der Waals surface area contributed by atoms with Crippen LogP contribution in [-0.4, -0.2) is 29.1 Å². The molecule has 0 spiro atoms. The second-order valence-electron chi connectivity index (χ2n) is 7.43. The van der Waals surface area contributed by atoms with Crippen LogP contribution in [0.15, 0.2) is 52.4 Å². The SMILES string of the molecule is CCOc1ccc([C@H]2CC(=O)Nc3nc(SCc4ccc(Cl)cc4)[nH]c(=O)c32)cc1OCC. The number of thioether (sulfide) groups is 1. The van der Waals surface area contributed by atoms with Gasteiger partial charge >= 0.3 is 0 Å². The Morgan fingerprint density at radius 2 is 1.79 bits per heavy atom. The number of aromatic amines is 1. The van der Waals surface area contributed by atoms with Crippen LogP contribution in [0.3, 0.4) is 0 Å². The third kappa shape index (κ3) is 5.34. The predicted molar refractivity (Wildman–Crippen MR) is 130 cm³/mol. The number of hydrogen-bond acceptors (Lipinski definition) is 6. The first kappa shape index (κ1) is 23.2. The Bertz CT molecular complexity index is 1210. The summed E-state index contributed by atoms with van der Waals surface area (Å²) in [5.74, 6) is 1.49. The zero-order valence-corrected chi connectivity index (χ0v) is 19.9. The highest BCUT2D eigenvalue weighted by atomic mass is 35.5. The minimum atomic E-state index is -0.435. The molecule has 2 N–H and O–H groups in total. The number of rotatable bonds is 8. The number of halogens is 1. The number of fused-ring (bicyclic) bond motifs is 1. The summed E-state index contributed by atoms with van der Waals surface area (Å²) < 4.78 is 11.4. The molecule has 1 aliphatic heterocycles. The maximum absolute atomic E-state index is 13.1. The summed E-state index contributed by atoms with van der Waals surface area (Å²) in [5.41, 5.74) is 2.02. The number of H-pyrrole nitrogens is 1. The second-order valence-corrected chi connectivity index (χ2v) is 8.83. The van der Waals surface area contributed by atoms with Crippen LogP contribution >= 0.6 is 23.4 Å². The van der Waals surface area contributed by atoms with Crippen LogP contribution in [0.1, 0.15) is 42.9 Å². The number of carbonyl (C=O) groups excluding carboxylic acids is 1. The van der Waals surface area contributed by atoms with E-state index in [1.165, 1.54) is 11.8 Å². The Kier molecular flexibility index (Phi) is 7.25. The molecule has 1 aliphatic rings. The first-order chi connectivity index (χ1) is 16.0. The highest BCUT2D eigenvalue weighted by Gasteiger charge is 2.31. The molecule has 1 atom stereocenters. The Labute approximate surface area is 200 Å². The maximum atomic E-state index is 13.1. The lowest BCUT2D eigenvalue weighted by Crippen LogP contribution is -2.31. The third-order valence-corrected chi connectivity index (χ3v) is 6.38. The van der Waals surface area contributed by atoms with Crippen LogP contribution in [0, 0.1) is 0 Å². The number of aromatic nitrogens is 2. The minimum Gasteiger partial charge on any atom is -0.490 e. The molecule has 0 aliphatic carbocycles. The fourth-order valence-corrected chi connectivity index (χ4v) is 4.66. The quantitative estimate of drug-likeness (QED) is 0.345. The van der Waals surface area contributed by atoms with Crippen molar-refractivity contribution in [3.63, 3.8) is 0 Å². The third-order valence-electron chi connectivity index (χ3n) is 5.19. The number of anilines is 1. The lowest BCUT2D eigenvalue weighted by molar-refractivity contribution is -0.116. The van der Waals surface area contributed by atoms with Crippen LogP contribution in [0.25, 0.3) is 0 Å². The summed E-state index contributed by atoms with van der Waals surface area (Å²) in [7, 11) is 0. The monoisotopic (exact) mass is 485 g/mol. The Hall–Kier alpha value is -2.97. The van der Waals surface area contributed by atoms with Gasteiger partial charge in [-0.2, -0.15) is 0 Å². The lowest BCUT2D eigenvalue weighted by atomic mass is 9.86. The summed E-state index contributed by atoms with van der Waals surface area (Å²) in [6.45, 7) is 4.78. The van der Waals surface area contributed by atoms with E-state index in [0.29, 0.717) is 52.0 Å². The van der Waals surface area contributed by atoms with Crippen molar-refractivity contribution >= 4 is 35.1 Å². The van der Waals surface area contributed by atoms with E-state index in [9.17, 15) is 9.59 Å². The molecule has 33 heavy (non-hydrogen) atoms. The fourth-order valence-electron chi connectivity index (χ4n) is 3.72. The Balaban J connectivity index is 1.64. The normalized spacial score (nSPS) is 15.0. The van der Waals surface area contributed by atoms with Gasteiger partial charge in [0.25, 0.3) is 5.56 Å². The van der Waals surface area contributed by atoms with Crippen LogP contribution < -0.4 is 20.3 Å². The number of benzene rings is 2. The van der Waals surface area contributed by atoms with E-state index >= 15 is 0 Å². The Morgan fingerprint density at radius 1 is 1.06 bits per heavy atom. The van der Waals surface area contributed by atoms with Gasteiger partial charge < -0.3 is 19.8 Å². The molecule has 0 unspecified atom stereocenters. The topological polar surface area (TPSA) is 93.3 Å². The molecular formula is C24H24ClN3O4S. The standard InChI is InChI=1S/C24H24ClN3O4S/c1-3-31-18-10-7-15(11-19(18)32-4-2)17-12-20(29)26-22-21(17)23(30)28-24(27-22)33-13-14-5-8-16(25)9-6-14/h5-11,17H,3-4,12-13H2,1-2H3,(H2,26,27,28,29,30)/t17-/m1/s1. The van der Waals surface area contributed by atoms with Crippen molar-refractivity contribution < 1.29 is 14.3 Å². The first-order valence-corrected chi connectivity index (χ1v) is 12.1. The molecule has 0 saturated heterocycles. The summed E-state index contributed by atoms with van der Waals surface area (Å²) in [5, 5.41) is 3.87. The Morgan fingerprint density at radius 3 is 2.52 bits per heavy atom. The van der Waals surface area contributed by atoms with E-state index in [2.05, 4.69) is 15.3 Å². The molecule has 0 saturated carbocycles. The molecule has 0 bridgehead atoms. The van der Waals surface area contributed by atoms with Gasteiger partial charge in [0, 0.05) is 23.1 Å². The number of ether oxygens (including phenoxy) is 2. The number of carbonyl (C=O) groups is 1. The fraction of sp³-hybridized carbons (Fsp3) is 0.292. The molecule has 2 aromatic carbocycles. The van der Waals surface area contributed by atoms with Gasteiger partial charge in [-0.05, 0) is 49.2 Å². The van der Waals surface area contributed by atoms with E-state index in [1.54, 1.807) is 0 Å². The number of nitrogens with one attached hydrogen (secondary N) is 2. The van der Waals surface area contributed by atoms with Gasteiger partial charge in [0.2, 0.25) is 5.91 Å².